The molecule has 0 aliphatic rings. The zero-order valence-corrected chi connectivity index (χ0v) is 14.0. The van der Waals surface area contributed by atoms with Crippen LogP contribution in [-0.2, 0) is 11.2 Å². The average Bonchev–Trinajstić information content (AvgIpc) is 2.66. The predicted octanol–water partition coefficient (Wildman–Crippen LogP) is 3.65. The third-order valence-corrected chi connectivity index (χ3v) is 4.29. The number of anilines is 1. The largest absolute Gasteiger partial charge is 0.326 e. The first-order chi connectivity index (χ1) is 12.7. The number of carbonyl (C=O) groups is 1. The lowest BCUT2D eigenvalue weighted by atomic mass is 10.1. The molecule has 4 rings (SSSR count). The van der Waals surface area contributed by atoms with Crippen LogP contribution < -0.4 is 10.9 Å². The van der Waals surface area contributed by atoms with E-state index >= 15 is 0 Å². The van der Waals surface area contributed by atoms with Gasteiger partial charge in [-0.1, -0.05) is 42.5 Å². The molecule has 0 saturated carbocycles. The van der Waals surface area contributed by atoms with Gasteiger partial charge in [0.15, 0.2) is 0 Å². The highest BCUT2D eigenvalue weighted by Crippen LogP contribution is 2.19. The minimum Gasteiger partial charge on any atom is -0.326 e. The Hall–Kier alpha value is -3.47. The summed E-state index contributed by atoms with van der Waals surface area (Å²) in [6, 6.07) is 21.1. The first-order valence-electron chi connectivity index (χ1n) is 8.46. The number of hydrogen-bond acceptors (Lipinski definition) is 3. The molecule has 3 aromatic carbocycles. The third-order valence-electron chi connectivity index (χ3n) is 4.29. The molecule has 0 bridgehead atoms. The lowest BCUT2D eigenvalue weighted by Crippen LogP contribution is -2.19. The zero-order chi connectivity index (χ0) is 17.9. The molecular weight excluding hydrogens is 326 g/mol. The Morgan fingerprint density at radius 2 is 1.73 bits per heavy atom. The predicted molar refractivity (Wildman–Crippen MR) is 103 cm³/mol. The van der Waals surface area contributed by atoms with Gasteiger partial charge in [-0.25, -0.2) is 4.98 Å². The maximum Gasteiger partial charge on any atom is 0.270 e. The molecule has 0 radical (unpaired) electrons. The number of benzene rings is 3. The smallest absolute Gasteiger partial charge is 0.270 e. The van der Waals surface area contributed by atoms with Crippen LogP contribution in [0.25, 0.3) is 21.8 Å². The van der Waals surface area contributed by atoms with E-state index in [0.29, 0.717) is 17.6 Å². The number of aromatic nitrogens is 2. The molecule has 5 nitrogen and oxygen atoms in total. The van der Waals surface area contributed by atoms with E-state index in [0.717, 1.165) is 22.0 Å². The van der Waals surface area contributed by atoms with Crippen molar-refractivity contribution < 1.29 is 4.79 Å². The van der Waals surface area contributed by atoms with Crippen molar-refractivity contribution in [2.75, 3.05) is 5.32 Å². The van der Waals surface area contributed by atoms with Crippen LogP contribution in [0.1, 0.15) is 12.1 Å². The maximum atomic E-state index is 12.2. The standard InChI is InChI=1S/C21H17N3O2/c25-20(22-16-10-9-14-5-1-2-6-15(14)13-16)12-11-19-21(26)24-18-8-4-3-7-17(18)23-19/h1-10,13H,11-12H2,(H,22,25)(H,24,26). The molecule has 0 fully saturated rings. The van der Waals surface area contributed by atoms with E-state index in [2.05, 4.69) is 15.3 Å². The molecule has 0 spiro atoms. The molecule has 5 heteroatoms. The molecule has 0 aliphatic heterocycles. The van der Waals surface area contributed by atoms with Crippen LogP contribution in [0, 0.1) is 0 Å². The first kappa shape index (κ1) is 16.0. The van der Waals surface area contributed by atoms with Crippen molar-refractivity contribution in [1.82, 2.24) is 9.97 Å². The molecular formula is C21H17N3O2. The van der Waals surface area contributed by atoms with Crippen LogP contribution in [0.4, 0.5) is 5.69 Å². The quantitative estimate of drug-likeness (QED) is 0.594. The summed E-state index contributed by atoms with van der Waals surface area (Å²) in [4.78, 5) is 31.5. The van der Waals surface area contributed by atoms with E-state index in [1.165, 1.54) is 0 Å². The fourth-order valence-corrected chi connectivity index (χ4v) is 2.96. The topological polar surface area (TPSA) is 74.8 Å². The minimum absolute atomic E-state index is 0.144. The number of rotatable bonds is 4. The van der Waals surface area contributed by atoms with Gasteiger partial charge in [0.2, 0.25) is 5.91 Å². The average molecular weight is 343 g/mol. The summed E-state index contributed by atoms with van der Waals surface area (Å²) in [6.45, 7) is 0. The monoisotopic (exact) mass is 343 g/mol. The SMILES string of the molecule is O=C(CCc1nc2ccccc2[nH]c1=O)Nc1ccc2ccccc2c1. The fraction of sp³-hybridized carbons (Fsp3) is 0.0952. The van der Waals surface area contributed by atoms with Gasteiger partial charge in [0.05, 0.1) is 11.0 Å². The lowest BCUT2D eigenvalue weighted by molar-refractivity contribution is -0.116. The second kappa shape index (κ2) is 6.80. The number of nitrogens with one attached hydrogen (secondary N) is 2. The molecule has 128 valence electrons. The number of H-pyrrole nitrogens is 1. The van der Waals surface area contributed by atoms with E-state index in [1.807, 2.05) is 60.7 Å². The van der Waals surface area contributed by atoms with E-state index in [9.17, 15) is 9.59 Å². The molecule has 1 amide bonds. The number of nitrogens with zero attached hydrogens (tertiary/aromatic N) is 1. The van der Waals surface area contributed by atoms with Gasteiger partial charge in [-0.2, -0.15) is 0 Å². The van der Waals surface area contributed by atoms with E-state index in [1.54, 1.807) is 6.07 Å². The highest BCUT2D eigenvalue weighted by Gasteiger charge is 2.09. The summed E-state index contributed by atoms with van der Waals surface area (Å²) >= 11 is 0. The molecule has 2 N–H and O–H groups in total. The van der Waals surface area contributed by atoms with Crippen molar-refractivity contribution in [3.63, 3.8) is 0 Å². The second-order valence-electron chi connectivity index (χ2n) is 6.14. The molecule has 0 aliphatic carbocycles. The third kappa shape index (κ3) is 3.32. The Balaban J connectivity index is 1.46. The van der Waals surface area contributed by atoms with Gasteiger partial charge in [0, 0.05) is 18.5 Å². The number of carbonyl (C=O) groups excluding carboxylic acids is 1. The van der Waals surface area contributed by atoms with Gasteiger partial charge in [0.25, 0.3) is 5.56 Å². The van der Waals surface area contributed by atoms with Crippen LogP contribution in [0.5, 0.6) is 0 Å². The van der Waals surface area contributed by atoms with Crippen LogP contribution >= 0.6 is 0 Å². The van der Waals surface area contributed by atoms with Gasteiger partial charge in [-0.05, 0) is 35.0 Å². The number of aryl methyl sites for hydroxylation is 1. The Kier molecular flexibility index (Phi) is 4.19. The van der Waals surface area contributed by atoms with Crippen molar-refractivity contribution in [1.29, 1.82) is 0 Å². The summed E-state index contributed by atoms with van der Waals surface area (Å²) in [5.74, 6) is -0.144. The molecule has 0 atom stereocenters. The lowest BCUT2D eigenvalue weighted by Gasteiger charge is -2.07. The molecule has 1 aromatic heterocycles. The Morgan fingerprint density at radius 1 is 0.962 bits per heavy atom. The fourth-order valence-electron chi connectivity index (χ4n) is 2.96. The summed E-state index contributed by atoms with van der Waals surface area (Å²) < 4.78 is 0. The highest BCUT2D eigenvalue weighted by atomic mass is 16.1. The van der Waals surface area contributed by atoms with E-state index < -0.39 is 0 Å². The first-order valence-corrected chi connectivity index (χ1v) is 8.46. The minimum atomic E-state index is -0.248. The van der Waals surface area contributed by atoms with Crippen molar-refractivity contribution in [2.24, 2.45) is 0 Å². The van der Waals surface area contributed by atoms with Crippen molar-refractivity contribution in [3.8, 4) is 0 Å². The molecule has 1 heterocycles. The second-order valence-corrected chi connectivity index (χ2v) is 6.14. The van der Waals surface area contributed by atoms with Gasteiger partial charge in [-0.3, -0.25) is 9.59 Å². The zero-order valence-electron chi connectivity index (χ0n) is 14.0. The van der Waals surface area contributed by atoms with Crippen LogP contribution in [-0.4, -0.2) is 15.9 Å². The van der Waals surface area contributed by atoms with Crippen LogP contribution in [0.3, 0.4) is 0 Å². The number of amides is 1. The Morgan fingerprint density at radius 3 is 2.62 bits per heavy atom. The summed E-state index contributed by atoms with van der Waals surface area (Å²) in [6.07, 6.45) is 0.487. The molecule has 26 heavy (non-hydrogen) atoms. The normalized spacial score (nSPS) is 10.9. The Bertz CT molecular complexity index is 1160. The van der Waals surface area contributed by atoms with Gasteiger partial charge in [0.1, 0.15) is 5.69 Å². The number of aromatic amines is 1. The highest BCUT2D eigenvalue weighted by molar-refractivity contribution is 5.94. The Labute approximate surface area is 149 Å². The van der Waals surface area contributed by atoms with Gasteiger partial charge >= 0.3 is 0 Å². The van der Waals surface area contributed by atoms with E-state index in [4.69, 9.17) is 0 Å². The summed E-state index contributed by atoms with van der Waals surface area (Å²) in [5.41, 5.74) is 2.28. The molecule has 4 aromatic rings. The summed E-state index contributed by atoms with van der Waals surface area (Å²) in [7, 11) is 0. The number of hydrogen-bond donors (Lipinski definition) is 2. The summed E-state index contributed by atoms with van der Waals surface area (Å²) in [5, 5.41) is 5.07. The molecule has 0 saturated heterocycles. The number of fused-ring (bicyclic) bond motifs is 2. The molecule has 0 unspecified atom stereocenters. The van der Waals surface area contributed by atoms with Gasteiger partial charge in [-0.15, -0.1) is 0 Å². The van der Waals surface area contributed by atoms with Crippen LogP contribution in [0.15, 0.2) is 71.5 Å². The van der Waals surface area contributed by atoms with Crippen molar-refractivity contribution >= 4 is 33.4 Å². The maximum absolute atomic E-state index is 12.2. The number of para-hydroxylation sites is 2. The van der Waals surface area contributed by atoms with E-state index in [-0.39, 0.29) is 17.9 Å². The van der Waals surface area contributed by atoms with Crippen molar-refractivity contribution in [3.05, 3.63) is 82.8 Å². The van der Waals surface area contributed by atoms with Crippen LogP contribution in [0.2, 0.25) is 0 Å². The van der Waals surface area contributed by atoms with Crippen molar-refractivity contribution in [2.45, 2.75) is 12.8 Å². The van der Waals surface area contributed by atoms with Gasteiger partial charge < -0.3 is 10.3 Å².